The fourth-order valence-electron chi connectivity index (χ4n) is 3.24. The van der Waals surface area contributed by atoms with Gasteiger partial charge in [0.2, 0.25) is 0 Å². The van der Waals surface area contributed by atoms with E-state index in [2.05, 4.69) is 17.1 Å². The van der Waals surface area contributed by atoms with Crippen molar-refractivity contribution >= 4 is 44.9 Å². The molecule has 3 aromatic rings. The number of carbonyl (C=O) groups excluding carboxylic acids is 1. The van der Waals surface area contributed by atoms with Gasteiger partial charge in [-0.3, -0.25) is 9.20 Å². The van der Waals surface area contributed by atoms with Gasteiger partial charge in [-0.2, -0.15) is 0 Å². The van der Waals surface area contributed by atoms with Crippen LogP contribution in [-0.2, 0) is 22.4 Å². The SMILES string of the molecule is COC(=O)CSc1nnc2c3c4c(sc3nc(C)n12)C[C@H](C)CC4. The predicted octanol–water partition coefficient (Wildman–Crippen LogP) is 3.04. The number of thiophene rings is 1. The van der Waals surface area contributed by atoms with Crippen LogP contribution >= 0.6 is 23.1 Å². The molecule has 0 fully saturated rings. The monoisotopic (exact) mass is 362 g/mol. The Kier molecular flexibility index (Phi) is 3.96. The number of carbonyl (C=O) groups is 1. The molecule has 126 valence electrons. The molecule has 4 rings (SSSR count). The number of hydrogen-bond donors (Lipinski definition) is 0. The van der Waals surface area contributed by atoms with E-state index in [0.717, 1.165) is 40.4 Å². The van der Waals surface area contributed by atoms with E-state index < -0.39 is 0 Å². The number of fused-ring (bicyclic) bond motifs is 5. The summed E-state index contributed by atoms with van der Waals surface area (Å²) in [6.45, 7) is 4.26. The predicted molar refractivity (Wildman–Crippen MR) is 94.8 cm³/mol. The molecule has 0 radical (unpaired) electrons. The Bertz CT molecular complexity index is 947. The largest absolute Gasteiger partial charge is 0.468 e. The molecule has 0 aliphatic heterocycles. The third-order valence-electron chi connectivity index (χ3n) is 4.48. The Balaban J connectivity index is 1.86. The lowest BCUT2D eigenvalue weighted by atomic mass is 9.89. The van der Waals surface area contributed by atoms with E-state index in [1.54, 1.807) is 11.3 Å². The molecule has 0 N–H and O–H groups in total. The summed E-state index contributed by atoms with van der Waals surface area (Å²) in [7, 11) is 1.39. The van der Waals surface area contributed by atoms with Gasteiger partial charge in [0.15, 0.2) is 10.8 Å². The van der Waals surface area contributed by atoms with Gasteiger partial charge in [0, 0.05) is 4.88 Å². The molecular weight excluding hydrogens is 344 g/mol. The zero-order valence-corrected chi connectivity index (χ0v) is 15.5. The van der Waals surface area contributed by atoms with E-state index in [-0.39, 0.29) is 11.7 Å². The van der Waals surface area contributed by atoms with E-state index in [9.17, 15) is 4.79 Å². The van der Waals surface area contributed by atoms with Crippen molar-refractivity contribution < 1.29 is 9.53 Å². The van der Waals surface area contributed by atoms with E-state index in [1.807, 2.05) is 11.3 Å². The van der Waals surface area contributed by atoms with Crippen molar-refractivity contribution in [1.82, 2.24) is 19.6 Å². The second-order valence-corrected chi connectivity index (χ2v) is 8.22. The van der Waals surface area contributed by atoms with E-state index in [1.165, 1.54) is 35.7 Å². The number of hydrogen-bond acceptors (Lipinski definition) is 7. The third-order valence-corrected chi connectivity index (χ3v) is 6.53. The number of rotatable bonds is 3. The molecule has 6 nitrogen and oxygen atoms in total. The van der Waals surface area contributed by atoms with Crippen LogP contribution in [0.25, 0.3) is 15.9 Å². The van der Waals surface area contributed by atoms with E-state index >= 15 is 0 Å². The van der Waals surface area contributed by atoms with E-state index in [4.69, 9.17) is 9.72 Å². The number of aryl methyl sites for hydroxylation is 2. The summed E-state index contributed by atoms with van der Waals surface area (Å²) in [4.78, 5) is 18.7. The molecule has 1 aliphatic rings. The minimum Gasteiger partial charge on any atom is -0.468 e. The first-order valence-electron chi connectivity index (χ1n) is 7.94. The molecule has 8 heteroatoms. The molecule has 1 aliphatic carbocycles. The zero-order valence-electron chi connectivity index (χ0n) is 13.8. The Morgan fingerprint density at radius 2 is 2.29 bits per heavy atom. The second kappa shape index (κ2) is 6.00. The highest BCUT2D eigenvalue weighted by Crippen LogP contribution is 2.39. The molecule has 0 amide bonds. The van der Waals surface area contributed by atoms with E-state index in [0.29, 0.717) is 5.16 Å². The molecule has 3 heterocycles. The first kappa shape index (κ1) is 15.8. The molecule has 0 unspecified atom stereocenters. The first-order chi connectivity index (χ1) is 11.6. The maximum atomic E-state index is 11.4. The Labute approximate surface area is 147 Å². The van der Waals surface area contributed by atoms with Crippen LogP contribution in [0.3, 0.4) is 0 Å². The lowest BCUT2D eigenvalue weighted by Gasteiger charge is -2.17. The minimum atomic E-state index is -0.273. The Morgan fingerprint density at radius 1 is 1.46 bits per heavy atom. The molecule has 0 saturated heterocycles. The Hall–Kier alpha value is -1.67. The topological polar surface area (TPSA) is 69.4 Å². The fourth-order valence-corrected chi connectivity index (χ4v) is 5.48. The zero-order chi connectivity index (χ0) is 16.8. The highest BCUT2D eigenvalue weighted by atomic mass is 32.2. The normalized spacial score (nSPS) is 17.4. The van der Waals surface area contributed by atoms with Crippen molar-refractivity contribution in [2.75, 3.05) is 12.9 Å². The molecule has 0 spiro atoms. The van der Waals surface area contributed by atoms with Crippen molar-refractivity contribution in [2.45, 2.75) is 38.3 Å². The molecule has 1 atom stereocenters. The third kappa shape index (κ3) is 2.48. The summed E-state index contributed by atoms with van der Waals surface area (Å²) >= 11 is 3.12. The minimum absolute atomic E-state index is 0.216. The summed E-state index contributed by atoms with van der Waals surface area (Å²) in [6, 6.07) is 0. The summed E-state index contributed by atoms with van der Waals surface area (Å²) in [5.41, 5.74) is 2.25. The van der Waals surface area contributed by atoms with Gasteiger partial charge in [-0.25, -0.2) is 4.98 Å². The van der Waals surface area contributed by atoms with Gasteiger partial charge in [0.05, 0.1) is 18.2 Å². The van der Waals surface area contributed by atoms with Gasteiger partial charge in [-0.05, 0) is 37.7 Å². The summed E-state index contributed by atoms with van der Waals surface area (Å²) < 4.78 is 6.66. The van der Waals surface area contributed by atoms with Gasteiger partial charge >= 0.3 is 5.97 Å². The summed E-state index contributed by atoms with van der Waals surface area (Å²) in [5.74, 6) is 1.52. The van der Waals surface area contributed by atoms with Crippen molar-refractivity contribution in [3.05, 3.63) is 16.3 Å². The second-order valence-electron chi connectivity index (χ2n) is 6.20. The van der Waals surface area contributed by atoms with Crippen LogP contribution in [0.4, 0.5) is 0 Å². The van der Waals surface area contributed by atoms with Crippen LogP contribution < -0.4 is 0 Å². The maximum absolute atomic E-state index is 11.4. The molecule has 0 bridgehead atoms. The highest BCUT2D eigenvalue weighted by Gasteiger charge is 2.25. The number of ether oxygens (including phenoxy) is 1. The van der Waals surface area contributed by atoms with Crippen LogP contribution in [0.2, 0.25) is 0 Å². The van der Waals surface area contributed by atoms with Gasteiger partial charge in [-0.1, -0.05) is 18.7 Å². The number of nitrogens with zero attached hydrogens (tertiary/aromatic N) is 4. The van der Waals surface area contributed by atoms with Gasteiger partial charge in [-0.15, -0.1) is 21.5 Å². The van der Waals surface area contributed by atoms with Crippen molar-refractivity contribution in [3.8, 4) is 0 Å². The summed E-state index contributed by atoms with van der Waals surface area (Å²) in [6.07, 6.45) is 3.41. The quantitative estimate of drug-likeness (QED) is 0.527. The molecule has 24 heavy (non-hydrogen) atoms. The average Bonchev–Trinajstić information content (AvgIpc) is 3.13. The fraction of sp³-hybridized carbons (Fsp3) is 0.500. The smallest absolute Gasteiger partial charge is 0.316 e. The number of aromatic nitrogens is 4. The first-order valence-corrected chi connectivity index (χ1v) is 9.74. The molecule has 0 saturated carbocycles. The molecular formula is C16H18N4O2S2. The number of thioether (sulfide) groups is 1. The van der Waals surface area contributed by atoms with Crippen LogP contribution in [-0.4, -0.2) is 38.4 Å². The Morgan fingerprint density at radius 3 is 3.08 bits per heavy atom. The van der Waals surface area contributed by atoms with Crippen LogP contribution in [0.1, 0.15) is 29.6 Å². The highest BCUT2D eigenvalue weighted by molar-refractivity contribution is 7.99. The van der Waals surface area contributed by atoms with Crippen LogP contribution in [0, 0.1) is 12.8 Å². The van der Waals surface area contributed by atoms with Gasteiger partial charge in [0.1, 0.15) is 10.7 Å². The lowest BCUT2D eigenvalue weighted by Crippen LogP contribution is -2.09. The maximum Gasteiger partial charge on any atom is 0.316 e. The van der Waals surface area contributed by atoms with Crippen molar-refractivity contribution in [2.24, 2.45) is 5.92 Å². The average molecular weight is 362 g/mol. The number of esters is 1. The standard InChI is InChI=1S/C16H18N4O2S2/c1-8-4-5-10-11(6-8)24-15-13(10)14-18-19-16(20(14)9(2)17-15)23-7-12(21)22-3/h8H,4-7H2,1-3H3/t8-/m1/s1. The van der Waals surface area contributed by atoms with Crippen molar-refractivity contribution in [3.63, 3.8) is 0 Å². The van der Waals surface area contributed by atoms with Gasteiger partial charge in [0.25, 0.3) is 0 Å². The molecule has 0 aromatic carbocycles. The summed E-state index contributed by atoms with van der Waals surface area (Å²) in [5, 5.41) is 10.5. The lowest BCUT2D eigenvalue weighted by molar-refractivity contribution is -0.137. The van der Waals surface area contributed by atoms with Crippen LogP contribution in [0.15, 0.2) is 5.16 Å². The van der Waals surface area contributed by atoms with Crippen molar-refractivity contribution in [1.29, 1.82) is 0 Å². The molecule has 3 aromatic heterocycles. The number of methoxy groups -OCH3 is 1. The van der Waals surface area contributed by atoms with Crippen LogP contribution in [0.5, 0.6) is 0 Å². The van der Waals surface area contributed by atoms with Gasteiger partial charge < -0.3 is 4.74 Å².